The number of urea groups is 1. The molecule has 1 saturated carbocycles. The van der Waals surface area contributed by atoms with Gasteiger partial charge in [-0.1, -0.05) is 30.2 Å². The fourth-order valence-corrected chi connectivity index (χ4v) is 2.71. The molecule has 1 aromatic carbocycles. The summed E-state index contributed by atoms with van der Waals surface area (Å²) in [7, 11) is 0. The first-order valence-corrected chi connectivity index (χ1v) is 7.13. The van der Waals surface area contributed by atoms with Gasteiger partial charge in [-0.05, 0) is 31.4 Å². The topological polar surface area (TPSA) is 41.1 Å². The predicted molar refractivity (Wildman–Crippen MR) is 75.4 cm³/mol. The molecule has 2 amide bonds. The van der Waals surface area contributed by atoms with Crippen LogP contribution in [0.3, 0.4) is 0 Å². The second kappa shape index (κ2) is 6.56. The molecule has 0 aromatic heterocycles. The Kier molecular flexibility index (Phi) is 4.98. The van der Waals surface area contributed by atoms with Crippen molar-refractivity contribution in [1.82, 2.24) is 5.32 Å². The summed E-state index contributed by atoms with van der Waals surface area (Å²) in [6.45, 7) is 0. The highest BCUT2D eigenvalue weighted by atomic mass is 35.5. The van der Waals surface area contributed by atoms with Gasteiger partial charge in [-0.15, -0.1) is 0 Å². The molecule has 1 aliphatic rings. The molecule has 1 fully saturated rings. The highest BCUT2D eigenvalue weighted by molar-refractivity contribution is 6.33. The smallest absolute Gasteiger partial charge is 0.335 e. The third-order valence-electron chi connectivity index (χ3n) is 3.59. The number of para-hydroxylation sites is 1. The van der Waals surface area contributed by atoms with Crippen molar-refractivity contribution >= 4 is 23.3 Å². The Morgan fingerprint density at radius 1 is 1.24 bits per heavy atom. The molecule has 0 saturated heterocycles. The van der Waals surface area contributed by atoms with Crippen molar-refractivity contribution < 1.29 is 18.0 Å². The molecule has 1 aliphatic carbocycles. The lowest BCUT2D eigenvalue weighted by atomic mass is 9.85. The van der Waals surface area contributed by atoms with Crippen LogP contribution in [0, 0.1) is 5.92 Å². The minimum Gasteiger partial charge on any atom is -0.335 e. The zero-order chi connectivity index (χ0) is 15.5. The lowest BCUT2D eigenvalue weighted by Crippen LogP contribution is -2.43. The molecule has 3 nitrogen and oxygen atoms in total. The first-order valence-electron chi connectivity index (χ1n) is 6.75. The van der Waals surface area contributed by atoms with E-state index in [2.05, 4.69) is 10.6 Å². The number of halogens is 4. The molecule has 7 heteroatoms. The van der Waals surface area contributed by atoms with Crippen molar-refractivity contribution in [1.29, 1.82) is 0 Å². The third kappa shape index (κ3) is 4.52. The maximum absolute atomic E-state index is 12.7. The molecular formula is C14H16ClF3N2O. The second-order valence-corrected chi connectivity index (χ2v) is 5.59. The standard InChI is InChI=1S/C14H16ClF3N2O/c15-11-6-1-2-7-12(11)20-13(21)19-10-5-3-4-9(8-10)14(16,17)18/h1-2,6-7,9-10H,3-5,8H2,(H2,19,20,21)/t9-,10-/m0/s1. The minimum absolute atomic E-state index is 0.0700. The Bertz CT molecular complexity index is 507. The molecule has 21 heavy (non-hydrogen) atoms. The largest absolute Gasteiger partial charge is 0.391 e. The first-order chi connectivity index (χ1) is 9.86. The van der Waals surface area contributed by atoms with Crippen molar-refractivity contribution in [2.24, 2.45) is 5.92 Å². The summed E-state index contributed by atoms with van der Waals surface area (Å²) >= 11 is 5.90. The zero-order valence-electron chi connectivity index (χ0n) is 11.2. The average molecular weight is 321 g/mol. The van der Waals surface area contributed by atoms with Crippen LogP contribution in [-0.4, -0.2) is 18.2 Å². The first kappa shape index (κ1) is 15.9. The summed E-state index contributed by atoms with van der Waals surface area (Å²) in [5.74, 6) is -1.34. The molecule has 0 aliphatic heterocycles. The fourth-order valence-electron chi connectivity index (χ4n) is 2.52. The van der Waals surface area contributed by atoms with E-state index >= 15 is 0 Å². The van der Waals surface area contributed by atoms with Gasteiger partial charge in [0.25, 0.3) is 0 Å². The maximum atomic E-state index is 12.7. The summed E-state index contributed by atoms with van der Waals surface area (Å²) < 4.78 is 38.1. The summed E-state index contributed by atoms with van der Waals surface area (Å²) in [4.78, 5) is 11.8. The molecule has 0 heterocycles. The summed E-state index contributed by atoms with van der Waals surface area (Å²) in [6.07, 6.45) is -3.11. The molecule has 0 unspecified atom stereocenters. The molecule has 2 rings (SSSR count). The van der Waals surface area contributed by atoms with Crippen LogP contribution in [0.2, 0.25) is 5.02 Å². The van der Waals surface area contributed by atoms with Gasteiger partial charge >= 0.3 is 12.2 Å². The molecule has 1 aromatic rings. The summed E-state index contributed by atoms with van der Waals surface area (Å²) in [5, 5.41) is 5.51. The summed E-state index contributed by atoms with van der Waals surface area (Å²) in [5.41, 5.74) is 0.430. The number of hydrogen-bond donors (Lipinski definition) is 2. The Labute approximate surface area is 125 Å². The van der Waals surface area contributed by atoms with E-state index in [-0.39, 0.29) is 12.8 Å². The van der Waals surface area contributed by atoms with Gasteiger partial charge in [0.2, 0.25) is 0 Å². The maximum Gasteiger partial charge on any atom is 0.391 e. The number of anilines is 1. The van der Waals surface area contributed by atoms with Gasteiger partial charge in [-0.25, -0.2) is 4.79 Å². The Balaban J connectivity index is 1.89. The van der Waals surface area contributed by atoms with Crippen LogP contribution < -0.4 is 10.6 Å². The quantitative estimate of drug-likeness (QED) is 0.822. The van der Waals surface area contributed by atoms with Crippen molar-refractivity contribution in [3.63, 3.8) is 0 Å². The number of rotatable bonds is 2. The van der Waals surface area contributed by atoms with E-state index in [0.717, 1.165) is 0 Å². The van der Waals surface area contributed by atoms with Crippen LogP contribution in [0.1, 0.15) is 25.7 Å². The van der Waals surface area contributed by atoms with Crippen LogP contribution in [0.25, 0.3) is 0 Å². The lowest BCUT2D eigenvalue weighted by molar-refractivity contribution is -0.183. The number of benzene rings is 1. The average Bonchev–Trinajstić information content (AvgIpc) is 2.41. The number of carbonyl (C=O) groups excluding carboxylic acids is 1. The van der Waals surface area contributed by atoms with Crippen LogP contribution in [0.5, 0.6) is 0 Å². The molecule has 0 spiro atoms. The van der Waals surface area contributed by atoms with Crippen molar-refractivity contribution in [2.45, 2.75) is 37.9 Å². The molecule has 0 radical (unpaired) electrons. The van der Waals surface area contributed by atoms with Crippen LogP contribution in [0.15, 0.2) is 24.3 Å². The van der Waals surface area contributed by atoms with Gasteiger partial charge in [-0.3, -0.25) is 0 Å². The van der Waals surface area contributed by atoms with Gasteiger partial charge in [0.05, 0.1) is 16.6 Å². The molecule has 116 valence electrons. The molecule has 2 N–H and O–H groups in total. The normalized spacial score (nSPS) is 22.7. The molecular weight excluding hydrogens is 305 g/mol. The van der Waals surface area contributed by atoms with Gasteiger partial charge in [-0.2, -0.15) is 13.2 Å². The van der Waals surface area contributed by atoms with Crippen LogP contribution in [0.4, 0.5) is 23.7 Å². The highest BCUT2D eigenvalue weighted by Crippen LogP contribution is 2.37. The van der Waals surface area contributed by atoms with E-state index in [4.69, 9.17) is 11.6 Å². The third-order valence-corrected chi connectivity index (χ3v) is 3.92. The van der Waals surface area contributed by atoms with Gasteiger partial charge < -0.3 is 10.6 Å². The number of alkyl halides is 3. The van der Waals surface area contributed by atoms with Gasteiger partial charge in [0, 0.05) is 6.04 Å². The second-order valence-electron chi connectivity index (χ2n) is 5.18. The van der Waals surface area contributed by atoms with E-state index < -0.39 is 24.2 Å². The van der Waals surface area contributed by atoms with Gasteiger partial charge in [0.15, 0.2) is 0 Å². The predicted octanol–water partition coefficient (Wildman–Crippen LogP) is 4.58. The van der Waals surface area contributed by atoms with E-state index in [1.165, 1.54) is 0 Å². The van der Waals surface area contributed by atoms with E-state index in [9.17, 15) is 18.0 Å². The van der Waals surface area contributed by atoms with Gasteiger partial charge in [0.1, 0.15) is 0 Å². The van der Waals surface area contributed by atoms with Crippen molar-refractivity contribution in [3.8, 4) is 0 Å². The Morgan fingerprint density at radius 3 is 2.62 bits per heavy atom. The summed E-state index contributed by atoms with van der Waals surface area (Å²) in [6, 6.07) is 5.69. The number of carbonyl (C=O) groups is 1. The van der Waals surface area contributed by atoms with E-state index in [0.29, 0.717) is 23.6 Å². The Hall–Kier alpha value is -1.43. The van der Waals surface area contributed by atoms with Crippen LogP contribution >= 0.6 is 11.6 Å². The van der Waals surface area contributed by atoms with Crippen LogP contribution in [-0.2, 0) is 0 Å². The minimum atomic E-state index is -4.19. The van der Waals surface area contributed by atoms with Crippen molar-refractivity contribution in [2.75, 3.05) is 5.32 Å². The highest BCUT2D eigenvalue weighted by Gasteiger charge is 2.42. The molecule has 0 bridgehead atoms. The number of amides is 2. The molecule has 2 atom stereocenters. The zero-order valence-corrected chi connectivity index (χ0v) is 12.0. The van der Waals surface area contributed by atoms with E-state index in [1.54, 1.807) is 24.3 Å². The Morgan fingerprint density at radius 2 is 1.95 bits per heavy atom. The SMILES string of the molecule is O=C(Nc1ccccc1Cl)N[C@H]1CCC[C@H](C(F)(F)F)C1. The lowest BCUT2D eigenvalue weighted by Gasteiger charge is -2.31. The number of nitrogens with one attached hydrogen (secondary N) is 2. The van der Waals surface area contributed by atoms with E-state index in [1.807, 2.05) is 0 Å². The fraction of sp³-hybridized carbons (Fsp3) is 0.500. The van der Waals surface area contributed by atoms with Crippen molar-refractivity contribution in [3.05, 3.63) is 29.3 Å². The monoisotopic (exact) mass is 320 g/mol. The number of hydrogen-bond acceptors (Lipinski definition) is 1.